The van der Waals surface area contributed by atoms with E-state index in [1.165, 1.54) is 13.8 Å². The Balaban J connectivity index is 4.84. The van der Waals surface area contributed by atoms with Gasteiger partial charge < -0.3 is 37.0 Å². The minimum Gasteiger partial charge on any atom is -0.480 e. The number of aliphatic hydroxyl groups is 2. The first-order valence-electron chi connectivity index (χ1n) is 7.34. The summed E-state index contributed by atoms with van der Waals surface area (Å²) in [5.74, 6) is -3.97. The molecule has 0 aromatic heterocycles. The summed E-state index contributed by atoms with van der Waals surface area (Å²) in [5.41, 5.74) is 5.44. The molecule has 0 saturated carbocycles. The van der Waals surface area contributed by atoms with Gasteiger partial charge >= 0.3 is 5.97 Å². The van der Waals surface area contributed by atoms with E-state index in [0.29, 0.717) is 0 Å². The molecule has 25 heavy (non-hydrogen) atoms. The fourth-order valence-corrected chi connectivity index (χ4v) is 1.78. The van der Waals surface area contributed by atoms with E-state index < -0.39 is 60.6 Å². The summed E-state index contributed by atoms with van der Waals surface area (Å²) < 4.78 is 0. The first kappa shape index (κ1) is 23.1. The fraction of sp³-hybridized carbons (Fsp3) is 0.692. The van der Waals surface area contributed by atoms with Crippen LogP contribution in [0.3, 0.4) is 0 Å². The van der Waals surface area contributed by atoms with Crippen molar-refractivity contribution in [3.63, 3.8) is 0 Å². The fourth-order valence-electron chi connectivity index (χ4n) is 1.52. The summed E-state index contributed by atoms with van der Waals surface area (Å²) in [6.07, 6.45) is -1.14. The van der Waals surface area contributed by atoms with Crippen LogP contribution in [-0.2, 0) is 19.2 Å². The van der Waals surface area contributed by atoms with Crippen molar-refractivity contribution in [1.82, 2.24) is 16.0 Å². The zero-order valence-corrected chi connectivity index (χ0v) is 14.7. The standard InChI is InChI=1S/C13H24N4O7S/c1-5(13(23)24)15-10(20)7(3-18)16-11(21)8(4-25)17-12(22)9(14)6(2)19/h5-9,18-19,25H,3-4,14H2,1-2H3,(H,15,20)(H,16,21)(H,17,22)(H,23,24). The van der Waals surface area contributed by atoms with Gasteiger partial charge in [-0.05, 0) is 13.8 Å². The normalized spacial score (nSPS) is 16.7. The van der Waals surface area contributed by atoms with Crippen LogP contribution in [0.1, 0.15) is 13.8 Å². The average Bonchev–Trinajstić information content (AvgIpc) is 2.55. The van der Waals surface area contributed by atoms with Crippen molar-refractivity contribution in [1.29, 1.82) is 0 Å². The molecule has 0 spiro atoms. The molecule has 0 aliphatic heterocycles. The van der Waals surface area contributed by atoms with Crippen molar-refractivity contribution in [3.05, 3.63) is 0 Å². The monoisotopic (exact) mass is 380 g/mol. The molecule has 0 aliphatic rings. The second-order valence-corrected chi connectivity index (χ2v) is 5.69. The Kier molecular flexibility index (Phi) is 10.0. The molecular weight excluding hydrogens is 356 g/mol. The predicted molar refractivity (Wildman–Crippen MR) is 89.7 cm³/mol. The van der Waals surface area contributed by atoms with E-state index in [2.05, 4.69) is 28.6 Å². The zero-order chi connectivity index (χ0) is 19.7. The predicted octanol–water partition coefficient (Wildman–Crippen LogP) is -3.82. The van der Waals surface area contributed by atoms with Crippen molar-refractivity contribution in [2.24, 2.45) is 5.73 Å². The van der Waals surface area contributed by atoms with Crippen LogP contribution in [-0.4, -0.2) is 81.6 Å². The number of carbonyl (C=O) groups excluding carboxylic acids is 3. The van der Waals surface area contributed by atoms with Gasteiger partial charge in [-0.1, -0.05) is 0 Å². The largest absolute Gasteiger partial charge is 0.480 e. The summed E-state index contributed by atoms with van der Waals surface area (Å²) >= 11 is 3.92. The minimum absolute atomic E-state index is 0.143. The van der Waals surface area contributed by atoms with Crippen LogP contribution in [0.4, 0.5) is 0 Å². The lowest BCUT2D eigenvalue weighted by molar-refractivity contribution is -0.142. The van der Waals surface area contributed by atoms with Crippen molar-refractivity contribution in [2.75, 3.05) is 12.4 Å². The minimum atomic E-state index is -1.42. The van der Waals surface area contributed by atoms with Gasteiger partial charge in [0.15, 0.2) is 0 Å². The SMILES string of the molecule is CC(NC(=O)C(CO)NC(=O)C(CS)NC(=O)C(N)C(C)O)C(=O)O. The lowest BCUT2D eigenvalue weighted by Gasteiger charge is -2.23. The molecule has 0 rings (SSSR count). The number of hydrogen-bond donors (Lipinski definition) is 8. The number of carbonyl (C=O) groups is 4. The van der Waals surface area contributed by atoms with Gasteiger partial charge in [0.1, 0.15) is 24.2 Å². The Bertz CT molecular complexity index is 503. The molecule has 0 radical (unpaired) electrons. The summed E-state index contributed by atoms with van der Waals surface area (Å²) in [5, 5.41) is 33.7. The molecule has 0 aromatic rings. The smallest absolute Gasteiger partial charge is 0.325 e. The second-order valence-electron chi connectivity index (χ2n) is 5.32. The van der Waals surface area contributed by atoms with Gasteiger partial charge in [-0.15, -0.1) is 0 Å². The lowest BCUT2D eigenvalue weighted by Crippen LogP contribution is -2.59. The van der Waals surface area contributed by atoms with Crippen LogP contribution >= 0.6 is 12.6 Å². The maximum Gasteiger partial charge on any atom is 0.325 e. The van der Waals surface area contributed by atoms with Crippen molar-refractivity contribution in [3.8, 4) is 0 Å². The van der Waals surface area contributed by atoms with Crippen molar-refractivity contribution >= 4 is 36.3 Å². The molecule has 12 heteroatoms. The summed E-state index contributed by atoms with van der Waals surface area (Å²) in [7, 11) is 0. The van der Waals surface area contributed by atoms with E-state index in [1.807, 2.05) is 0 Å². The number of aliphatic hydroxyl groups excluding tert-OH is 2. The molecule has 0 saturated heterocycles. The molecule has 0 aliphatic carbocycles. The highest BCUT2D eigenvalue weighted by molar-refractivity contribution is 7.80. The second kappa shape index (κ2) is 10.9. The van der Waals surface area contributed by atoms with E-state index in [-0.39, 0.29) is 5.75 Å². The van der Waals surface area contributed by atoms with E-state index in [1.54, 1.807) is 0 Å². The number of thiol groups is 1. The molecule has 0 heterocycles. The van der Waals surface area contributed by atoms with Gasteiger partial charge in [-0.25, -0.2) is 0 Å². The van der Waals surface area contributed by atoms with Gasteiger partial charge in [-0.2, -0.15) is 12.6 Å². The number of carboxylic acid groups (broad SMARTS) is 1. The molecule has 0 fully saturated rings. The maximum atomic E-state index is 12.1. The van der Waals surface area contributed by atoms with Crippen molar-refractivity contribution < 1.29 is 34.5 Å². The van der Waals surface area contributed by atoms with E-state index in [4.69, 9.17) is 10.8 Å². The molecule has 8 N–H and O–H groups in total. The van der Waals surface area contributed by atoms with E-state index >= 15 is 0 Å². The molecule has 11 nitrogen and oxygen atoms in total. The zero-order valence-electron chi connectivity index (χ0n) is 13.8. The van der Waals surface area contributed by atoms with Gasteiger partial charge in [0.25, 0.3) is 0 Å². The Hall–Kier alpha value is -1.89. The highest BCUT2D eigenvalue weighted by Crippen LogP contribution is 1.96. The number of rotatable bonds is 10. The highest BCUT2D eigenvalue weighted by atomic mass is 32.1. The van der Waals surface area contributed by atoms with Gasteiger partial charge in [0.05, 0.1) is 12.7 Å². The molecule has 5 unspecified atom stereocenters. The third kappa shape index (κ3) is 7.69. The molecular formula is C13H24N4O7S. The molecule has 3 amide bonds. The molecule has 0 bridgehead atoms. The average molecular weight is 380 g/mol. The van der Waals surface area contributed by atoms with Crippen LogP contribution in [0.5, 0.6) is 0 Å². The Morgan fingerprint density at radius 3 is 1.88 bits per heavy atom. The molecule has 0 aromatic carbocycles. The van der Waals surface area contributed by atoms with Crippen molar-refractivity contribution in [2.45, 2.75) is 44.1 Å². The number of nitrogens with one attached hydrogen (secondary N) is 3. The number of nitrogens with two attached hydrogens (primary N) is 1. The number of amides is 3. The molecule has 5 atom stereocenters. The molecule has 144 valence electrons. The number of carboxylic acids is 1. The number of aliphatic carboxylic acids is 1. The van der Waals surface area contributed by atoms with Gasteiger partial charge in [-0.3, -0.25) is 19.2 Å². The Morgan fingerprint density at radius 2 is 1.48 bits per heavy atom. The van der Waals surface area contributed by atoms with Gasteiger partial charge in [0.2, 0.25) is 17.7 Å². The van der Waals surface area contributed by atoms with Crippen LogP contribution in [0.25, 0.3) is 0 Å². The van der Waals surface area contributed by atoms with E-state index in [9.17, 15) is 29.4 Å². The maximum absolute atomic E-state index is 12.1. The Morgan fingerprint density at radius 1 is 1.00 bits per heavy atom. The number of hydrogen-bond acceptors (Lipinski definition) is 8. The van der Waals surface area contributed by atoms with Crippen LogP contribution in [0.2, 0.25) is 0 Å². The lowest BCUT2D eigenvalue weighted by atomic mass is 10.1. The summed E-state index contributed by atoms with van der Waals surface area (Å²) in [6.45, 7) is 1.73. The topological polar surface area (TPSA) is 191 Å². The van der Waals surface area contributed by atoms with E-state index in [0.717, 1.165) is 0 Å². The first-order chi connectivity index (χ1) is 11.5. The summed E-state index contributed by atoms with van der Waals surface area (Å²) in [4.78, 5) is 46.4. The van der Waals surface area contributed by atoms with Crippen LogP contribution in [0, 0.1) is 0 Å². The first-order valence-corrected chi connectivity index (χ1v) is 7.97. The Labute approximate surface area is 149 Å². The third-order valence-corrected chi connectivity index (χ3v) is 3.55. The summed E-state index contributed by atoms with van der Waals surface area (Å²) in [6, 6.07) is -5.08. The third-order valence-electron chi connectivity index (χ3n) is 3.18. The van der Waals surface area contributed by atoms with Crippen LogP contribution in [0.15, 0.2) is 0 Å². The van der Waals surface area contributed by atoms with Gasteiger partial charge in [0, 0.05) is 5.75 Å². The highest BCUT2D eigenvalue weighted by Gasteiger charge is 2.29. The quantitative estimate of drug-likeness (QED) is 0.177. The van der Waals surface area contributed by atoms with Crippen LogP contribution < -0.4 is 21.7 Å².